The van der Waals surface area contributed by atoms with Crippen LogP contribution < -0.4 is 5.73 Å². The molecule has 1 saturated carbocycles. The van der Waals surface area contributed by atoms with Crippen LogP contribution in [0.3, 0.4) is 0 Å². The van der Waals surface area contributed by atoms with Gasteiger partial charge in [0.05, 0.1) is 5.60 Å². The van der Waals surface area contributed by atoms with Crippen LogP contribution in [0.4, 0.5) is 0 Å². The van der Waals surface area contributed by atoms with E-state index in [0.29, 0.717) is 6.54 Å². The summed E-state index contributed by atoms with van der Waals surface area (Å²) < 4.78 is 0. The van der Waals surface area contributed by atoms with Crippen LogP contribution in [0.2, 0.25) is 0 Å². The summed E-state index contributed by atoms with van der Waals surface area (Å²) in [6, 6.07) is 0. The SMILES string of the molecule is CCC(C)(O)C1(CN)CCC1. The highest BCUT2D eigenvalue weighted by Crippen LogP contribution is 2.49. The summed E-state index contributed by atoms with van der Waals surface area (Å²) in [6.45, 7) is 4.57. The normalized spacial score (nSPS) is 27.3. The maximum absolute atomic E-state index is 10.0. The van der Waals surface area contributed by atoms with Gasteiger partial charge in [0.15, 0.2) is 0 Å². The zero-order valence-electron chi connectivity index (χ0n) is 7.56. The van der Waals surface area contributed by atoms with Gasteiger partial charge >= 0.3 is 0 Å². The van der Waals surface area contributed by atoms with E-state index in [-0.39, 0.29) is 5.41 Å². The Hall–Kier alpha value is -0.0800. The van der Waals surface area contributed by atoms with Crippen molar-refractivity contribution >= 4 is 0 Å². The fraction of sp³-hybridized carbons (Fsp3) is 1.00. The molecular formula is C9H19NO. The van der Waals surface area contributed by atoms with Gasteiger partial charge < -0.3 is 10.8 Å². The lowest BCUT2D eigenvalue weighted by Crippen LogP contribution is -2.54. The molecule has 0 aromatic carbocycles. The zero-order chi connectivity index (χ0) is 8.54. The predicted octanol–water partition coefficient (Wildman–Crippen LogP) is 1.28. The molecule has 0 radical (unpaired) electrons. The van der Waals surface area contributed by atoms with E-state index in [1.54, 1.807) is 0 Å². The van der Waals surface area contributed by atoms with Crippen molar-refractivity contribution in [3.8, 4) is 0 Å². The second-order valence-electron chi connectivity index (χ2n) is 3.97. The van der Waals surface area contributed by atoms with Crippen molar-refractivity contribution in [2.45, 2.75) is 45.1 Å². The van der Waals surface area contributed by atoms with Gasteiger partial charge in [-0.25, -0.2) is 0 Å². The summed E-state index contributed by atoms with van der Waals surface area (Å²) in [5.41, 5.74) is 5.17. The van der Waals surface area contributed by atoms with E-state index >= 15 is 0 Å². The molecule has 0 aliphatic heterocycles. The number of nitrogens with two attached hydrogens (primary N) is 1. The Morgan fingerprint density at radius 1 is 1.55 bits per heavy atom. The van der Waals surface area contributed by atoms with Crippen LogP contribution in [0.5, 0.6) is 0 Å². The molecule has 0 aromatic rings. The predicted molar refractivity (Wildman–Crippen MR) is 46.3 cm³/mol. The third kappa shape index (κ3) is 1.18. The molecule has 0 saturated heterocycles. The smallest absolute Gasteiger partial charge is 0.0685 e. The maximum atomic E-state index is 10.0. The molecule has 11 heavy (non-hydrogen) atoms. The van der Waals surface area contributed by atoms with E-state index in [2.05, 4.69) is 0 Å². The van der Waals surface area contributed by atoms with Crippen molar-refractivity contribution in [3.05, 3.63) is 0 Å². The molecule has 1 fully saturated rings. The standard InChI is InChI=1S/C9H19NO/c1-3-8(2,11)9(7-10)5-4-6-9/h11H,3-7,10H2,1-2H3. The van der Waals surface area contributed by atoms with Crippen LogP contribution in [0.15, 0.2) is 0 Å². The quantitative estimate of drug-likeness (QED) is 0.648. The van der Waals surface area contributed by atoms with E-state index < -0.39 is 5.60 Å². The number of hydrogen-bond donors (Lipinski definition) is 2. The van der Waals surface area contributed by atoms with Crippen LogP contribution >= 0.6 is 0 Å². The van der Waals surface area contributed by atoms with Crippen molar-refractivity contribution in [1.29, 1.82) is 0 Å². The number of aliphatic hydroxyl groups is 1. The van der Waals surface area contributed by atoms with E-state index in [9.17, 15) is 5.11 Å². The van der Waals surface area contributed by atoms with Crippen molar-refractivity contribution < 1.29 is 5.11 Å². The van der Waals surface area contributed by atoms with Crippen LogP contribution in [0.25, 0.3) is 0 Å². The molecule has 66 valence electrons. The molecule has 0 aromatic heterocycles. The zero-order valence-corrected chi connectivity index (χ0v) is 7.56. The molecule has 3 N–H and O–H groups in total. The van der Waals surface area contributed by atoms with Crippen LogP contribution in [0.1, 0.15) is 39.5 Å². The summed E-state index contributed by atoms with van der Waals surface area (Å²) in [6.07, 6.45) is 4.24. The van der Waals surface area contributed by atoms with Gasteiger partial charge in [0, 0.05) is 12.0 Å². The van der Waals surface area contributed by atoms with E-state index in [4.69, 9.17) is 5.73 Å². The van der Waals surface area contributed by atoms with Crippen LogP contribution in [-0.2, 0) is 0 Å². The lowest BCUT2D eigenvalue weighted by atomic mass is 9.58. The molecule has 1 rings (SSSR count). The van der Waals surface area contributed by atoms with Crippen LogP contribution in [0, 0.1) is 5.41 Å². The molecule has 2 heteroatoms. The second-order valence-corrected chi connectivity index (χ2v) is 3.97. The third-order valence-electron chi connectivity index (χ3n) is 3.53. The Balaban J connectivity index is 2.68. The van der Waals surface area contributed by atoms with Crippen molar-refractivity contribution in [2.75, 3.05) is 6.54 Å². The summed E-state index contributed by atoms with van der Waals surface area (Å²) in [4.78, 5) is 0. The molecule has 0 bridgehead atoms. The minimum Gasteiger partial charge on any atom is -0.390 e. The first-order valence-corrected chi connectivity index (χ1v) is 4.50. The van der Waals surface area contributed by atoms with E-state index in [0.717, 1.165) is 19.3 Å². The average Bonchev–Trinajstić information content (AvgIpc) is 1.86. The number of hydrogen-bond acceptors (Lipinski definition) is 2. The van der Waals surface area contributed by atoms with Crippen molar-refractivity contribution in [2.24, 2.45) is 11.1 Å². The second kappa shape index (κ2) is 2.76. The molecule has 1 unspecified atom stereocenters. The highest BCUT2D eigenvalue weighted by Gasteiger charge is 2.48. The van der Waals surface area contributed by atoms with Crippen LogP contribution in [-0.4, -0.2) is 17.3 Å². The fourth-order valence-corrected chi connectivity index (χ4v) is 1.94. The summed E-state index contributed by atoms with van der Waals surface area (Å²) in [5.74, 6) is 0. The first kappa shape index (κ1) is 9.01. The summed E-state index contributed by atoms with van der Waals surface area (Å²) >= 11 is 0. The third-order valence-corrected chi connectivity index (χ3v) is 3.53. The Morgan fingerprint density at radius 3 is 2.18 bits per heavy atom. The lowest BCUT2D eigenvalue weighted by molar-refractivity contribution is -0.112. The minimum atomic E-state index is -0.542. The fourth-order valence-electron chi connectivity index (χ4n) is 1.94. The average molecular weight is 157 g/mol. The molecule has 0 amide bonds. The van der Waals surface area contributed by atoms with Gasteiger partial charge in [-0.2, -0.15) is 0 Å². The molecule has 0 spiro atoms. The van der Waals surface area contributed by atoms with Gasteiger partial charge in [-0.3, -0.25) is 0 Å². The largest absolute Gasteiger partial charge is 0.390 e. The van der Waals surface area contributed by atoms with E-state index in [1.165, 1.54) is 6.42 Å². The molecule has 1 aliphatic carbocycles. The lowest BCUT2D eigenvalue weighted by Gasteiger charge is -2.51. The number of rotatable bonds is 3. The summed E-state index contributed by atoms with van der Waals surface area (Å²) in [5, 5.41) is 10.0. The van der Waals surface area contributed by atoms with Gasteiger partial charge in [0.25, 0.3) is 0 Å². The van der Waals surface area contributed by atoms with Gasteiger partial charge in [0.1, 0.15) is 0 Å². The van der Waals surface area contributed by atoms with Crippen molar-refractivity contribution in [3.63, 3.8) is 0 Å². The summed E-state index contributed by atoms with van der Waals surface area (Å²) in [7, 11) is 0. The Bertz CT molecular complexity index is 133. The maximum Gasteiger partial charge on any atom is 0.0685 e. The highest BCUT2D eigenvalue weighted by molar-refractivity contribution is 5.01. The Morgan fingerprint density at radius 2 is 2.09 bits per heavy atom. The van der Waals surface area contributed by atoms with Gasteiger partial charge in [0.2, 0.25) is 0 Å². The Labute approximate surface area is 68.8 Å². The molecular weight excluding hydrogens is 138 g/mol. The first-order valence-electron chi connectivity index (χ1n) is 4.50. The van der Waals surface area contributed by atoms with Gasteiger partial charge in [-0.1, -0.05) is 13.3 Å². The van der Waals surface area contributed by atoms with Crippen molar-refractivity contribution in [1.82, 2.24) is 0 Å². The van der Waals surface area contributed by atoms with Gasteiger partial charge in [-0.15, -0.1) is 0 Å². The van der Waals surface area contributed by atoms with Gasteiger partial charge in [-0.05, 0) is 26.2 Å². The van der Waals surface area contributed by atoms with E-state index in [1.807, 2.05) is 13.8 Å². The molecule has 2 nitrogen and oxygen atoms in total. The molecule has 0 heterocycles. The highest BCUT2D eigenvalue weighted by atomic mass is 16.3. The topological polar surface area (TPSA) is 46.2 Å². The molecule has 1 atom stereocenters. The minimum absolute atomic E-state index is 0.0434. The Kier molecular flexibility index (Phi) is 2.26. The molecule has 1 aliphatic rings. The first-order chi connectivity index (χ1) is 5.08. The monoisotopic (exact) mass is 157 g/mol.